The summed E-state index contributed by atoms with van der Waals surface area (Å²) in [6, 6.07) is 3.06. The molecule has 0 spiro atoms. The molecule has 0 unspecified atom stereocenters. The minimum Gasteiger partial charge on any atom is -0.460 e. The smallest absolute Gasteiger partial charge is 0.317 e. The lowest BCUT2D eigenvalue weighted by molar-refractivity contribution is 0.142. The van der Waals surface area contributed by atoms with Crippen molar-refractivity contribution in [3.05, 3.63) is 36.0 Å². The number of hydrogen-bond acceptors (Lipinski definition) is 9. The van der Waals surface area contributed by atoms with Crippen LogP contribution >= 0.6 is 11.3 Å². The van der Waals surface area contributed by atoms with Crippen LogP contribution in [0.25, 0.3) is 10.6 Å². The summed E-state index contributed by atoms with van der Waals surface area (Å²) in [6.45, 7) is 2.73. The quantitative estimate of drug-likeness (QED) is 0.469. The molecule has 9 heteroatoms. The summed E-state index contributed by atoms with van der Waals surface area (Å²) in [5, 5.41) is 7.57. The number of aromatic nitrogens is 5. The van der Waals surface area contributed by atoms with Gasteiger partial charge in [-0.25, -0.2) is 15.0 Å². The van der Waals surface area contributed by atoms with E-state index in [4.69, 9.17) is 4.74 Å². The number of nitrogens with zero attached hydrogens (tertiary/aromatic N) is 5. The molecule has 8 nitrogen and oxygen atoms in total. The summed E-state index contributed by atoms with van der Waals surface area (Å²) in [6.07, 6.45) is 16.7. The number of thiazole rings is 1. The molecular weight excluding hydrogens is 434 g/mol. The Balaban J connectivity index is 1.21. The molecule has 2 fully saturated rings. The zero-order chi connectivity index (χ0) is 22.5. The summed E-state index contributed by atoms with van der Waals surface area (Å²) < 4.78 is 6.09. The Morgan fingerprint density at radius 2 is 1.76 bits per heavy atom. The van der Waals surface area contributed by atoms with E-state index in [0.717, 1.165) is 46.5 Å². The van der Waals surface area contributed by atoms with E-state index in [9.17, 15) is 0 Å². The van der Waals surface area contributed by atoms with Crippen LogP contribution in [-0.4, -0.2) is 37.1 Å². The van der Waals surface area contributed by atoms with Gasteiger partial charge >= 0.3 is 6.01 Å². The summed E-state index contributed by atoms with van der Waals surface area (Å²) in [5.74, 6) is 0.681. The second kappa shape index (κ2) is 10.5. The van der Waals surface area contributed by atoms with Crippen LogP contribution in [-0.2, 0) is 6.54 Å². The van der Waals surface area contributed by atoms with Gasteiger partial charge in [-0.05, 0) is 51.5 Å². The molecule has 3 heterocycles. The predicted molar refractivity (Wildman–Crippen MR) is 130 cm³/mol. The number of rotatable bonds is 8. The molecule has 3 aromatic rings. The first kappa shape index (κ1) is 22.2. The van der Waals surface area contributed by atoms with E-state index >= 15 is 0 Å². The fourth-order valence-corrected chi connectivity index (χ4v) is 5.29. The molecule has 0 radical (unpaired) electrons. The van der Waals surface area contributed by atoms with Crippen LogP contribution in [0.2, 0.25) is 0 Å². The van der Waals surface area contributed by atoms with Gasteiger partial charge in [0, 0.05) is 24.5 Å². The highest BCUT2D eigenvalue weighted by Crippen LogP contribution is 2.31. The Morgan fingerprint density at radius 3 is 2.55 bits per heavy atom. The highest BCUT2D eigenvalue weighted by atomic mass is 32.1. The maximum absolute atomic E-state index is 6.09. The fraction of sp³-hybridized carbons (Fsp3) is 0.542. The molecule has 2 saturated carbocycles. The van der Waals surface area contributed by atoms with Crippen molar-refractivity contribution in [1.82, 2.24) is 30.2 Å². The Morgan fingerprint density at radius 1 is 0.939 bits per heavy atom. The number of ether oxygens (including phenoxy) is 1. The van der Waals surface area contributed by atoms with Crippen LogP contribution in [0, 0.1) is 6.92 Å². The molecule has 174 valence electrons. The average molecular weight is 466 g/mol. The van der Waals surface area contributed by atoms with Gasteiger partial charge in [0.2, 0.25) is 0 Å². The van der Waals surface area contributed by atoms with Gasteiger partial charge in [0.25, 0.3) is 0 Å². The zero-order valence-corrected chi connectivity index (χ0v) is 19.9. The number of aryl methyl sites for hydroxylation is 1. The highest BCUT2D eigenvalue weighted by molar-refractivity contribution is 7.18. The van der Waals surface area contributed by atoms with Crippen molar-refractivity contribution in [3.8, 4) is 16.6 Å². The fourth-order valence-electron chi connectivity index (χ4n) is 4.50. The molecule has 5 rings (SSSR count). The van der Waals surface area contributed by atoms with E-state index in [2.05, 4.69) is 35.6 Å². The van der Waals surface area contributed by atoms with Crippen molar-refractivity contribution in [1.29, 1.82) is 0 Å². The summed E-state index contributed by atoms with van der Waals surface area (Å²) in [4.78, 5) is 23.6. The van der Waals surface area contributed by atoms with Crippen molar-refractivity contribution in [2.75, 3.05) is 5.32 Å². The maximum atomic E-state index is 6.09. The van der Waals surface area contributed by atoms with Gasteiger partial charge in [-0.15, -0.1) is 0 Å². The first-order valence-electron chi connectivity index (χ1n) is 12.0. The first-order valence-corrected chi connectivity index (χ1v) is 12.8. The van der Waals surface area contributed by atoms with Crippen molar-refractivity contribution in [2.45, 2.75) is 83.4 Å². The average Bonchev–Trinajstić information content (AvgIpc) is 3.51. The minimum absolute atomic E-state index is 0.224. The highest BCUT2D eigenvalue weighted by Gasteiger charge is 2.18. The van der Waals surface area contributed by atoms with Crippen LogP contribution in [0.15, 0.2) is 24.7 Å². The normalized spacial score (nSPS) is 17.4. The molecule has 2 aliphatic carbocycles. The van der Waals surface area contributed by atoms with Crippen LogP contribution in [0.5, 0.6) is 6.01 Å². The van der Waals surface area contributed by atoms with Gasteiger partial charge in [0.05, 0.1) is 28.7 Å². The lowest BCUT2D eigenvalue weighted by atomic mass is 9.98. The van der Waals surface area contributed by atoms with Gasteiger partial charge in [0.15, 0.2) is 10.9 Å². The molecule has 0 atom stereocenters. The third-order valence-corrected chi connectivity index (χ3v) is 7.22. The second-order valence-corrected chi connectivity index (χ2v) is 10.00. The largest absolute Gasteiger partial charge is 0.460 e. The lowest BCUT2D eigenvalue weighted by Crippen LogP contribution is -2.25. The SMILES string of the molecule is Cc1cc(-c2cnc(Nc3cnc(CNC4CCCC4)cn3)s2)nc(OC2CCCCC2)n1. The summed E-state index contributed by atoms with van der Waals surface area (Å²) in [7, 11) is 0. The van der Waals surface area contributed by atoms with E-state index in [1.54, 1.807) is 6.20 Å². The van der Waals surface area contributed by atoms with Crippen LogP contribution in [0.1, 0.15) is 69.2 Å². The topological polar surface area (TPSA) is 97.7 Å². The van der Waals surface area contributed by atoms with Crippen molar-refractivity contribution in [3.63, 3.8) is 0 Å². The second-order valence-electron chi connectivity index (χ2n) is 8.96. The zero-order valence-electron chi connectivity index (χ0n) is 19.1. The molecular formula is C24H31N7OS. The van der Waals surface area contributed by atoms with Gasteiger partial charge < -0.3 is 15.4 Å². The van der Waals surface area contributed by atoms with E-state index in [1.165, 1.54) is 56.3 Å². The third kappa shape index (κ3) is 6.03. The summed E-state index contributed by atoms with van der Waals surface area (Å²) >= 11 is 1.53. The molecule has 2 aliphatic rings. The minimum atomic E-state index is 0.224. The van der Waals surface area contributed by atoms with Crippen molar-refractivity contribution >= 4 is 22.3 Å². The molecule has 0 aromatic carbocycles. The first-order chi connectivity index (χ1) is 16.2. The molecule has 3 aromatic heterocycles. The maximum Gasteiger partial charge on any atom is 0.317 e. The monoisotopic (exact) mass is 465 g/mol. The van der Waals surface area contributed by atoms with Gasteiger partial charge in [-0.2, -0.15) is 4.98 Å². The predicted octanol–water partition coefficient (Wildman–Crippen LogP) is 5.19. The van der Waals surface area contributed by atoms with E-state index in [-0.39, 0.29) is 6.10 Å². The third-order valence-electron chi connectivity index (χ3n) is 6.28. The van der Waals surface area contributed by atoms with Crippen molar-refractivity contribution in [2.24, 2.45) is 0 Å². The molecule has 0 amide bonds. The molecule has 0 saturated heterocycles. The van der Waals surface area contributed by atoms with E-state index in [0.29, 0.717) is 17.9 Å². The molecule has 0 aliphatic heterocycles. The van der Waals surface area contributed by atoms with Gasteiger partial charge in [-0.3, -0.25) is 4.98 Å². The van der Waals surface area contributed by atoms with Crippen LogP contribution < -0.4 is 15.4 Å². The Labute approximate surface area is 198 Å². The Hall–Kier alpha value is -2.65. The summed E-state index contributed by atoms with van der Waals surface area (Å²) in [5.41, 5.74) is 2.67. The molecule has 33 heavy (non-hydrogen) atoms. The van der Waals surface area contributed by atoms with Crippen molar-refractivity contribution < 1.29 is 4.74 Å². The molecule has 0 bridgehead atoms. The van der Waals surface area contributed by atoms with E-state index < -0.39 is 0 Å². The Kier molecular flexibility index (Phi) is 7.06. The lowest BCUT2D eigenvalue weighted by Gasteiger charge is -2.21. The Bertz CT molecular complexity index is 1040. The number of nitrogens with one attached hydrogen (secondary N) is 2. The van der Waals surface area contributed by atoms with Gasteiger partial charge in [0.1, 0.15) is 6.10 Å². The van der Waals surface area contributed by atoms with Gasteiger partial charge in [-0.1, -0.05) is 30.6 Å². The number of anilines is 2. The van der Waals surface area contributed by atoms with Crippen LogP contribution in [0.3, 0.4) is 0 Å². The number of hydrogen-bond donors (Lipinski definition) is 2. The van der Waals surface area contributed by atoms with E-state index in [1.807, 2.05) is 25.4 Å². The molecule has 2 N–H and O–H groups in total. The van der Waals surface area contributed by atoms with Crippen LogP contribution in [0.4, 0.5) is 10.9 Å². The standard InChI is InChI=1S/C24H31N7OS/c1-16-11-20(30-23(29-16)32-19-9-3-2-4-10-19)21-14-28-24(33-21)31-22-15-26-18(13-27-22)12-25-17-7-5-6-8-17/h11,13-15,17,19,25H,2-10,12H2,1H3,(H,27,28,31).